The Balaban J connectivity index is 3.29. The number of rotatable bonds is 2. The van der Waals surface area contributed by atoms with Gasteiger partial charge in [-0.15, -0.1) is 0 Å². The molecule has 2 N–H and O–H groups in total. The molecular weight excluding hydrogens is 197 g/mol. The van der Waals surface area contributed by atoms with E-state index >= 15 is 0 Å². The second kappa shape index (κ2) is 4.40. The van der Waals surface area contributed by atoms with Crippen LogP contribution in [0.25, 0.3) is 0 Å². The SMILES string of the molecule is COC(=O)c1cc(C(C)N)c(F)cc1C. The predicted molar refractivity (Wildman–Crippen MR) is 55.1 cm³/mol. The number of hydrogen-bond acceptors (Lipinski definition) is 3. The first-order valence-corrected chi connectivity index (χ1v) is 4.61. The van der Waals surface area contributed by atoms with Crippen LogP contribution in [0.3, 0.4) is 0 Å². The number of methoxy groups -OCH3 is 1. The third-order valence-corrected chi connectivity index (χ3v) is 2.24. The van der Waals surface area contributed by atoms with Crippen LogP contribution in [-0.4, -0.2) is 13.1 Å². The van der Waals surface area contributed by atoms with Crippen LogP contribution in [0.5, 0.6) is 0 Å². The number of benzene rings is 1. The standard InChI is InChI=1S/C11H14FNO2/c1-6-4-10(12)9(7(2)13)5-8(6)11(14)15-3/h4-5,7H,13H2,1-3H3. The molecule has 1 aromatic rings. The van der Waals surface area contributed by atoms with E-state index in [1.54, 1.807) is 13.8 Å². The van der Waals surface area contributed by atoms with Gasteiger partial charge in [0.05, 0.1) is 12.7 Å². The quantitative estimate of drug-likeness (QED) is 0.760. The Labute approximate surface area is 88.0 Å². The molecule has 0 radical (unpaired) electrons. The molecule has 3 nitrogen and oxygen atoms in total. The van der Waals surface area contributed by atoms with Crippen LogP contribution in [-0.2, 0) is 4.74 Å². The van der Waals surface area contributed by atoms with Gasteiger partial charge in [0.15, 0.2) is 0 Å². The van der Waals surface area contributed by atoms with Crippen LogP contribution in [0.4, 0.5) is 4.39 Å². The van der Waals surface area contributed by atoms with Crippen molar-refractivity contribution in [1.82, 2.24) is 0 Å². The van der Waals surface area contributed by atoms with Crippen molar-refractivity contribution in [2.45, 2.75) is 19.9 Å². The van der Waals surface area contributed by atoms with Gasteiger partial charge in [0.1, 0.15) is 5.82 Å². The molecular formula is C11H14FNO2. The van der Waals surface area contributed by atoms with Gasteiger partial charge in [0.25, 0.3) is 0 Å². The zero-order valence-corrected chi connectivity index (χ0v) is 9.00. The zero-order valence-electron chi connectivity index (χ0n) is 9.00. The first-order valence-electron chi connectivity index (χ1n) is 4.61. The van der Waals surface area contributed by atoms with Gasteiger partial charge < -0.3 is 10.5 Å². The largest absolute Gasteiger partial charge is 0.465 e. The molecule has 0 fully saturated rings. The van der Waals surface area contributed by atoms with Gasteiger partial charge >= 0.3 is 5.97 Å². The Bertz CT molecular complexity index is 388. The summed E-state index contributed by atoms with van der Waals surface area (Å²) in [5.74, 6) is -0.871. The summed E-state index contributed by atoms with van der Waals surface area (Å²) in [6.07, 6.45) is 0. The minimum absolute atomic E-state index is 0.320. The lowest BCUT2D eigenvalue weighted by Gasteiger charge is -2.11. The number of aryl methyl sites for hydroxylation is 1. The number of nitrogens with two attached hydrogens (primary N) is 1. The Morgan fingerprint density at radius 1 is 1.53 bits per heavy atom. The molecule has 1 aromatic carbocycles. The second-order valence-corrected chi connectivity index (χ2v) is 3.47. The highest BCUT2D eigenvalue weighted by Crippen LogP contribution is 2.20. The summed E-state index contributed by atoms with van der Waals surface area (Å²) in [5.41, 5.74) is 6.80. The van der Waals surface area contributed by atoms with Crippen molar-refractivity contribution in [2.75, 3.05) is 7.11 Å². The van der Waals surface area contributed by atoms with Crippen LogP contribution in [0.1, 0.15) is 34.5 Å². The minimum atomic E-state index is -0.477. The number of halogens is 1. The maximum absolute atomic E-state index is 13.4. The summed E-state index contributed by atoms with van der Waals surface area (Å²) in [4.78, 5) is 11.3. The molecule has 0 aliphatic heterocycles. The van der Waals surface area contributed by atoms with E-state index in [4.69, 9.17) is 5.73 Å². The zero-order chi connectivity index (χ0) is 11.6. The fourth-order valence-corrected chi connectivity index (χ4v) is 1.37. The van der Waals surface area contributed by atoms with Gasteiger partial charge in [-0.25, -0.2) is 9.18 Å². The molecule has 0 bridgehead atoms. The summed E-state index contributed by atoms with van der Waals surface area (Å²) in [6.45, 7) is 3.31. The smallest absolute Gasteiger partial charge is 0.338 e. The number of esters is 1. The first-order chi connectivity index (χ1) is 6.97. The monoisotopic (exact) mass is 211 g/mol. The van der Waals surface area contributed by atoms with Crippen LogP contribution in [0.2, 0.25) is 0 Å². The Morgan fingerprint density at radius 2 is 2.13 bits per heavy atom. The first kappa shape index (κ1) is 11.7. The molecule has 1 atom stereocenters. The molecule has 0 aromatic heterocycles. The van der Waals surface area contributed by atoms with Crippen LogP contribution >= 0.6 is 0 Å². The highest BCUT2D eigenvalue weighted by atomic mass is 19.1. The van der Waals surface area contributed by atoms with E-state index in [-0.39, 0.29) is 0 Å². The molecule has 0 spiro atoms. The highest BCUT2D eigenvalue weighted by Gasteiger charge is 2.15. The molecule has 0 saturated heterocycles. The van der Waals surface area contributed by atoms with E-state index in [9.17, 15) is 9.18 Å². The third-order valence-electron chi connectivity index (χ3n) is 2.24. The molecule has 0 aliphatic rings. The number of ether oxygens (including phenoxy) is 1. The van der Waals surface area contributed by atoms with Crippen LogP contribution < -0.4 is 5.73 Å². The summed E-state index contributed by atoms with van der Waals surface area (Å²) in [5, 5.41) is 0. The van der Waals surface area contributed by atoms with Crippen molar-refractivity contribution in [3.63, 3.8) is 0 Å². The van der Waals surface area contributed by atoms with Gasteiger partial charge in [-0.2, -0.15) is 0 Å². The van der Waals surface area contributed by atoms with Gasteiger partial charge in [-0.3, -0.25) is 0 Å². The van der Waals surface area contributed by atoms with E-state index in [1.165, 1.54) is 19.2 Å². The van der Waals surface area contributed by atoms with Crippen LogP contribution in [0, 0.1) is 12.7 Å². The third kappa shape index (κ3) is 2.33. The van der Waals surface area contributed by atoms with E-state index < -0.39 is 17.8 Å². The van der Waals surface area contributed by atoms with Gasteiger partial charge in [0.2, 0.25) is 0 Å². The molecule has 82 valence electrons. The molecule has 4 heteroatoms. The summed E-state index contributed by atoms with van der Waals surface area (Å²) in [6, 6.07) is 2.29. The average molecular weight is 211 g/mol. The molecule has 0 amide bonds. The van der Waals surface area contributed by atoms with Gasteiger partial charge in [-0.1, -0.05) is 0 Å². The molecule has 1 unspecified atom stereocenters. The molecule has 0 saturated carbocycles. The summed E-state index contributed by atoms with van der Waals surface area (Å²) < 4.78 is 18.0. The highest BCUT2D eigenvalue weighted by molar-refractivity contribution is 5.91. The van der Waals surface area contributed by atoms with E-state index in [0.29, 0.717) is 16.7 Å². The van der Waals surface area contributed by atoms with Crippen molar-refractivity contribution in [1.29, 1.82) is 0 Å². The molecule has 1 rings (SSSR count). The molecule has 0 aliphatic carbocycles. The predicted octanol–water partition coefficient (Wildman–Crippen LogP) is 1.94. The minimum Gasteiger partial charge on any atom is -0.465 e. The Kier molecular flexibility index (Phi) is 3.42. The van der Waals surface area contributed by atoms with Crippen molar-refractivity contribution in [3.8, 4) is 0 Å². The number of carbonyl (C=O) groups is 1. The Morgan fingerprint density at radius 3 is 2.60 bits per heavy atom. The maximum Gasteiger partial charge on any atom is 0.338 e. The van der Waals surface area contributed by atoms with Crippen LogP contribution in [0.15, 0.2) is 12.1 Å². The van der Waals surface area contributed by atoms with E-state index in [1.807, 2.05) is 0 Å². The lowest BCUT2D eigenvalue weighted by molar-refractivity contribution is 0.0599. The van der Waals surface area contributed by atoms with Crippen molar-refractivity contribution in [3.05, 3.63) is 34.6 Å². The van der Waals surface area contributed by atoms with Crippen molar-refractivity contribution >= 4 is 5.97 Å². The fraction of sp³-hybridized carbons (Fsp3) is 0.364. The average Bonchev–Trinajstić information content (AvgIpc) is 2.16. The fourth-order valence-electron chi connectivity index (χ4n) is 1.37. The van der Waals surface area contributed by atoms with E-state index in [2.05, 4.69) is 4.74 Å². The molecule has 15 heavy (non-hydrogen) atoms. The number of carbonyl (C=O) groups excluding carboxylic acids is 1. The molecule has 0 heterocycles. The number of hydrogen-bond donors (Lipinski definition) is 1. The van der Waals surface area contributed by atoms with E-state index in [0.717, 1.165) is 0 Å². The normalized spacial score (nSPS) is 12.3. The van der Waals surface area contributed by atoms with Gasteiger partial charge in [-0.05, 0) is 31.5 Å². The van der Waals surface area contributed by atoms with Gasteiger partial charge in [0, 0.05) is 11.6 Å². The van der Waals surface area contributed by atoms with Crippen molar-refractivity contribution < 1.29 is 13.9 Å². The topological polar surface area (TPSA) is 52.3 Å². The maximum atomic E-state index is 13.4. The summed E-state index contributed by atoms with van der Waals surface area (Å²) >= 11 is 0. The Hall–Kier alpha value is -1.42. The summed E-state index contributed by atoms with van der Waals surface area (Å²) in [7, 11) is 1.29. The second-order valence-electron chi connectivity index (χ2n) is 3.47. The van der Waals surface area contributed by atoms with Crippen molar-refractivity contribution in [2.24, 2.45) is 5.73 Å². The lowest BCUT2D eigenvalue weighted by Crippen LogP contribution is -2.11. The lowest BCUT2D eigenvalue weighted by atomic mass is 10.0.